The van der Waals surface area contributed by atoms with Crippen molar-refractivity contribution < 1.29 is 14.0 Å². The van der Waals surface area contributed by atoms with Gasteiger partial charge in [-0.25, -0.2) is 9.45 Å². The van der Waals surface area contributed by atoms with Crippen LogP contribution in [0, 0.1) is 12.7 Å². The monoisotopic (exact) mass is 211 g/mol. The molecular formula is C11H14FNO2. The largest absolute Gasteiger partial charge is 0.275 e. The first-order valence-corrected chi connectivity index (χ1v) is 4.59. The van der Waals surface area contributed by atoms with Gasteiger partial charge in [0.1, 0.15) is 5.82 Å². The Kier molecular flexibility index (Phi) is 3.80. The minimum atomic E-state index is -0.321. The van der Waals surface area contributed by atoms with Crippen LogP contribution in [-0.4, -0.2) is 25.1 Å². The van der Waals surface area contributed by atoms with Crippen LogP contribution < -0.4 is 0 Å². The lowest BCUT2D eigenvalue weighted by Gasteiger charge is -2.13. The molecule has 1 aromatic carbocycles. The number of hydrogen-bond acceptors (Lipinski definition) is 2. The predicted molar refractivity (Wildman–Crippen MR) is 54.6 cm³/mol. The van der Waals surface area contributed by atoms with Gasteiger partial charge >= 0.3 is 0 Å². The lowest BCUT2D eigenvalue weighted by molar-refractivity contribution is -0.167. The van der Waals surface area contributed by atoms with Crippen molar-refractivity contribution in [3.8, 4) is 0 Å². The van der Waals surface area contributed by atoms with Crippen molar-refractivity contribution in [3.63, 3.8) is 0 Å². The molecule has 0 heterocycles. The number of rotatable bonds is 3. The molecule has 0 aromatic heterocycles. The average molecular weight is 211 g/mol. The van der Waals surface area contributed by atoms with E-state index in [2.05, 4.69) is 0 Å². The molecule has 0 saturated heterocycles. The molecule has 0 radical (unpaired) electrons. The summed E-state index contributed by atoms with van der Waals surface area (Å²) < 4.78 is 13.0. The Morgan fingerprint density at radius 1 is 1.47 bits per heavy atom. The first kappa shape index (κ1) is 11.7. The van der Waals surface area contributed by atoms with Crippen molar-refractivity contribution in [1.82, 2.24) is 5.06 Å². The van der Waals surface area contributed by atoms with Crippen LogP contribution in [0.1, 0.15) is 11.1 Å². The van der Waals surface area contributed by atoms with Crippen molar-refractivity contribution in [2.75, 3.05) is 14.2 Å². The van der Waals surface area contributed by atoms with Gasteiger partial charge in [0.2, 0.25) is 5.91 Å². The molecule has 4 heteroatoms. The summed E-state index contributed by atoms with van der Waals surface area (Å²) in [6, 6.07) is 4.56. The highest BCUT2D eigenvalue weighted by Crippen LogP contribution is 2.09. The highest BCUT2D eigenvalue weighted by Gasteiger charge is 2.09. The van der Waals surface area contributed by atoms with E-state index >= 15 is 0 Å². The molecule has 0 aliphatic carbocycles. The molecule has 0 unspecified atom stereocenters. The van der Waals surface area contributed by atoms with E-state index in [-0.39, 0.29) is 18.1 Å². The van der Waals surface area contributed by atoms with Gasteiger partial charge in [-0.05, 0) is 30.2 Å². The average Bonchev–Trinajstić information content (AvgIpc) is 2.14. The van der Waals surface area contributed by atoms with Gasteiger partial charge in [0.25, 0.3) is 0 Å². The van der Waals surface area contributed by atoms with Gasteiger partial charge in [0.15, 0.2) is 0 Å². The third kappa shape index (κ3) is 3.32. The van der Waals surface area contributed by atoms with Crippen molar-refractivity contribution in [1.29, 1.82) is 0 Å². The Bertz CT molecular complexity index is 345. The molecule has 0 fully saturated rings. The zero-order valence-corrected chi connectivity index (χ0v) is 9.08. The number of benzene rings is 1. The number of aryl methyl sites for hydroxylation is 1. The Hall–Kier alpha value is -1.42. The minimum Gasteiger partial charge on any atom is -0.275 e. The van der Waals surface area contributed by atoms with E-state index in [0.717, 1.165) is 10.6 Å². The highest BCUT2D eigenvalue weighted by atomic mass is 19.1. The van der Waals surface area contributed by atoms with E-state index in [9.17, 15) is 9.18 Å². The number of hydrogen-bond donors (Lipinski definition) is 0. The standard InChI is InChI=1S/C11H14FNO2/c1-8-4-9(6-10(12)5-8)7-11(14)13(2)15-3/h4-6H,7H2,1-3H3. The minimum absolute atomic E-state index is 0.142. The number of amides is 1. The van der Waals surface area contributed by atoms with E-state index in [1.54, 1.807) is 13.0 Å². The molecule has 15 heavy (non-hydrogen) atoms. The maximum Gasteiger partial charge on any atom is 0.250 e. The van der Waals surface area contributed by atoms with Crippen LogP contribution in [0.15, 0.2) is 18.2 Å². The second-order valence-electron chi connectivity index (χ2n) is 3.39. The SMILES string of the molecule is CON(C)C(=O)Cc1cc(C)cc(F)c1. The van der Waals surface area contributed by atoms with Crippen LogP contribution >= 0.6 is 0 Å². The highest BCUT2D eigenvalue weighted by molar-refractivity contribution is 5.77. The van der Waals surface area contributed by atoms with Gasteiger partial charge in [-0.15, -0.1) is 0 Å². The maximum atomic E-state index is 13.0. The first-order chi connectivity index (χ1) is 7.02. The molecule has 1 amide bonds. The Morgan fingerprint density at radius 3 is 2.67 bits per heavy atom. The van der Waals surface area contributed by atoms with Gasteiger partial charge in [0.05, 0.1) is 13.5 Å². The zero-order chi connectivity index (χ0) is 11.4. The normalized spacial score (nSPS) is 10.1. The molecule has 3 nitrogen and oxygen atoms in total. The Labute approximate surface area is 88.4 Å². The van der Waals surface area contributed by atoms with Crippen LogP contribution in [0.25, 0.3) is 0 Å². The second kappa shape index (κ2) is 4.89. The topological polar surface area (TPSA) is 29.5 Å². The van der Waals surface area contributed by atoms with Crippen LogP contribution in [0.5, 0.6) is 0 Å². The van der Waals surface area contributed by atoms with Crippen molar-refractivity contribution in [2.24, 2.45) is 0 Å². The van der Waals surface area contributed by atoms with E-state index in [1.165, 1.54) is 26.3 Å². The molecule has 0 N–H and O–H groups in total. The molecule has 0 spiro atoms. The van der Waals surface area contributed by atoms with Crippen LogP contribution in [-0.2, 0) is 16.1 Å². The summed E-state index contributed by atoms with van der Waals surface area (Å²) in [6.07, 6.45) is 0.142. The Balaban J connectivity index is 2.76. The second-order valence-corrected chi connectivity index (χ2v) is 3.39. The van der Waals surface area contributed by atoms with Gasteiger partial charge in [-0.1, -0.05) is 6.07 Å². The van der Waals surface area contributed by atoms with Crippen molar-refractivity contribution >= 4 is 5.91 Å². The van der Waals surface area contributed by atoms with E-state index in [4.69, 9.17) is 4.84 Å². The fraction of sp³-hybridized carbons (Fsp3) is 0.364. The summed E-state index contributed by atoms with van der Waals surface area (Å²) in [5.74, 6) is -0.527. The van der Waals surface area contributed by atoms with Crippen LogP contribution in [0.2, 0.25) is 0 Å². The number of carbonyl (C=O) groups excluding carboxylic acids is 1. The third-order valence-corrected chi connectivity index (χ3v) is 2.08. The smallest absolute Gasteiger partial charge is 0.250 e. The van der Waals surface area contributed by atoms with E-state index in [1.807, 2.05) is 0 Å². The lowest BCUT2D eigenvalue weighted by atomic mass is 10.1. The molecule has 82 valence electrons. The molecule has 0 aliphatic heterocycles. The molecule has 0 saturated carbocycles. The molecular weight excluding hydrogens is 197 g/mol. The van der Waals surface area contributed by atoms with Crippen LogP contribution in [0.3, 0.4) is 0 Å². The first-order valence-electron chi connectivity index (χ1n) is 4.59. The zero-order valence-electron chi connectivity index (χ0n) is 9.08. The summed E-state index contributed by atoms with van der Waals surface area (Å²) in [6.45, 7) is 1.79. The lowest BCUT2D eigenvalue weighted by Crippen LogP contribution is -2.26. The summed E-state index contributed by atoms with van der Waals surface area (Å²) in [7, 11) is 2.93. The summed E-state index contributed by atoms with van der Waals surface area (Å²) >= 11 is 0. The molecule has 0 bridgehead atoms. The molecule has 1 rings (SSSR count). The maximum absolute atomic E-state index is 13.0. The molecule has 1 aromatic rings. The number of halogens is 1. The fourth-order valence-corrected chi connectivity index (χ4v) is 1.30. The number of hydroxylamine groups is 2. The third-order valence-electron chi connectivity index (χ3n) is 2.08. The van der Waals surface area contributed by atoms with Crippen molar-refractivity contribution in [2.45, 2.75) is 13.3 Å². The summed E-state index contributed by atoms with van der Waals surface area (Å²) in [5, 5.41) is 1.13. The van der Waals surface area contributed by atoms with Crippen molar-refractivity contribution in [3.05, 3.63) is 35.1 Å². The Morgan fingerprint density at radius 2 is 2.13 bits per heavy atom. The van der Waals surface area contributed by atoms with E-state index < -0.39 is 0 Å². The van der Waals surface area contributed by atoms with Gasteiger partial charge < -0.3 is 0 Å². The molecule has 0 atom stereocenters. The number of carbonyl (C=O) groups is 1. The van der Waals surface area contributed by atoms with Gasteiger partial charge in [-0.3, -0.25) is 9.63 Å². The summed E-state index contributed by atoms with van der Waals surface area (Å²) in [5.41, 5.74) is 1.46. The number of nitrogens with zero attached hydrogens (tertiary/aromatic N) is 1. The van der Waals surface area contributed by atoms with E-state index in [0.29, 0.717) is 5.56 Å². The summed E-state index contributed by atoms with van der Waals surface area (Å²) in [4.78, 5) is 16.2. The quantitative estimate of drug-likeness (QED) is 0.712. The van der Waals surface area contributed by atoms with Gasteiger partial charge in [-0.2, -0.15) is 0 Å². The van der Waals surface area contributed by atoms with Gasteiger partial charge in [0, 0.05) is 7.05 Å². The fourth-order valence-electron chi connectivity index (χ4n) is 1.30. The number of likely N-dealkylation sites (N-methyl/N-ethyl adjacent to an activating group) is 1. The van der Waals surface area contributed by atoms with Crippen LogP contribution in [0.4, 0.5) is 4.39 Å². The molecule has 0 aliphatic rings. The predicted octanol–water partition coefficient (Wildman–Crippen LogP) is 1.70.